The van der Waals surface area contributed by atoms with Crippen LogP contribution in [-0.4, -0.2) is 16.9 Å². The number of halogens is 1. The summed E-state index contributed by atoms with van der Waals surface area (Å²) in [5.41, 5.74) is 7.42. The standard InChI is InChI=1S/C17H21N3O2.ClH/c18-13-5-3-4-11(8-13)17(22)19-10-12-9-16(21)20-15-7-2-1-6-14(12)15;/h1-2,6-7,9,11,13H,3-5,8,10,18H2,(H,19,22)(H,20,21);1H. The Morgan fingerprint density at radius 1 is 1.30 bits per heavy atom. The normalized spacial score (nSPS) is 20.7. The predicted octanol–water partition coefficient (Wildman–Crippen LogP) is 2.08. The molecular formula is C17H22ClN3O2. The Morgan fingerprint density at radius 3 is 2.87 bits per heavy atom. The fourth-order valence-electron chi connectivity index (χ4n) is 3.22. The number of benzene rings is 1. The maximum Gasteiger partial charge on any atom is 0.248 e. The number of hydrogen-bond acceptors (Lipinski definition) is 3. The van der Waals surface area contributed by atoms with Crippen LogP contribution >= 0.6 is 12.4 Å². The molecule has 2 atom stereocenters. The molecule has 0 radical (unpaired) electrons. The van der Waals surface area contributed by atoms with Crippen LogP contribution in [0, 0.1) is 5.92 Å². The summed E-state index contributed by atoms with van der Waals surface area (Å²) in [7, 11) is 0. The highest BCUT2D eigenvalue weighted by atomic mass is 35.5. The number of fused-ring (bicyclic) bond motifs is 1. The van der Waals surface area contributed by atoms with Crippen molar-refractivity contribution in [1.82, 2.24) is 10.3 Å². The number of nitrogens with one attached hydrogen (secondary N) is 2. The van der Waals surface area contributed by atoms with E-state index in [4.69, 9.17) is 5.73 Å². The number of para-hydroxylation sites is 1. The van der Waals surface area contributed by atoms with Crippen molar-refractivity contribution in [2.75, 3.05) is 0 Å². The number of hydrogen-bond donors (Lipinski definition) is 3. The number of amides is 1. The third kappa shape index (κ3) is 4.12. The Bertz CT molecular complexity index is 744. The van der Waals surface area contributed by atoms with E-state index in [-0.39, 0.29) is 35.8 Å². The van der Waals surface area contributed by atoms with Crippen LogP contribution in [0.15, 0.2) is 35.1 Å². The van der Waals surface area contributed by atoms with Crippen molar-refractivity contribution in [1.29, 1.82) is 0 Å². The number of H-pyrrole nitrogens is 1. The van der Waals surface area contributed by atoms with Crippen LogP contribution in [0.25, 0.3) is 10.9 Å². The van der Waals surface area contributed by atoms with E-state index < -0.39 is 0 Å². The van der Waals surface area contributed by atoms with Crippen LogP contribution in [0.5, 0.6) is 0 Å². The fraction of sp³-hybridized carbons (Fsp3) is 0.412. The number of carbonyl (C=O) groups excluding carboxylic acids is 1. The summed E-state index contributed by atoms with van der Waals surface area (Å²) in [6.45, 7) is 0.370. The zero-order valence-electron chi connectivity index (χ0n) is 12.9. The van der Waals surface area contributed by atoms with Gasteiger partial charge in [-0.25, -0.2) is 0 Å². The molecule has 1 aliphatic carbocycles. The summed E-state index contributed by atoms with van der Waals surface area (Å²) < 4.78 is 0. The molecular weight excluding hydrogens is 314 g/mol. The van der Waals surface area contributed by atoms with Gasteiger partial charge in [0.1, 0.15) is 0 Å². The van der Waals surface area contributed by atoms with Crippen molar-refractivity contribution < 1.29 is 4.79 Å². The summed E-state index contributed by atoms with van der Waals surface area (Å²) in [6, 6.07) is 9.29. The van der Waals surface area contributed by atoms with Crippen molar-refractivity contribution in [2.24, 2.45) is 11.7 Å². The van der Waals surface area contributed by atoms with E-state index in [0.29, 0.717) is 6.54 Å². The van der Waals surface area contributed by atoms with Crippen molar-refractivity contribution >= 4 is 29.2 Å². The SMILES string of the molecule is Cl.NC1CCCC(C(=O)NCc2cc(=O)[nH]c3ccccc23)C1. The molecule has 0 saturated heterocycles. The predicted molar refractivity (Wildman–Crippen MR) is 93.6 cm³/mol. The second-order valence-electron chi connectivity index (χ2n) is 6.05. The lowest BCUT2D eigenvalue weighted by Gasteiger charge is -2.25. The van der Waals surface area contributed by atoms with Gasteiger partial charge < -0.3 is 16.0 Å². The Hall–Kier alpha value is -1.85. The minimum atomic E-state index is -0.150. The lowest BCUT2D eigenvalue weighted by molar-refractivity contribution is -0.126. The molecule has 1 fully saturated rings. The van der Waals surface area contributed by atoms with Crippen LogP contribution in [0.4, 0.5) is 0 Å². The van der Waals surface area contributed by atoms with Crippen LogP contribution in [0.3, 0.4) is 0 Å². The fourth-order valence-corrected chi connectivity index (χ4v) is 3.22. The molecule has 1 aromatic carbocycles. The van der Waals surface area contributed by atoms with Gasteiger partial charge in [0.15, 0.2) is 0 Å². The van der Waals surface area contributed by atoms with Gasteiger partial charge in [0.2, 0.25) is 11.5 Å². The lowest BCUT2D eigenvalue weighted by atomic mass is 9.85. The molecule has 3 rings (SSSR count). The van der Waals surface area contributed by atoms with Crippen LogP contribution in [-0.2, 0) is 11.3 Å². The summed E-state index contributed by atoms with van der Waals surface area (Å²) >= 11 is 0. The first-order chi connectivity index (χ1) is 10.6. The number of carbonyl (C=O) groups is 1. The second kappa shape index (κ2) is 7.62. The molecule has 4 N–H and O–H groups in total. The molecule has 1 saturated carbocycles. The number of aromatic amines is 1. The van der Waals surface area contributed by atoms with E-state index >= 15 is 0 Å². The smallest absolute Gasteiger partial charge is 0.248 e. The summed E-state index contributed by atoms with van der Waals surface area (Å²) in [6.07, 6.45) is 3.66. The Morgan fingerprint density at radius 2 is 2.09 bits per heavy atom. The molecule has 1 amide bonds. The number of rotatable bonds is 3. The van der Waals surface area contributed by atoms with Crippen molar-refractivity contribution in [3.05, 3.63) is 46.2 Å². The summed E-state index contributed by atoms with van der Waals surface area (Å²) in [5, 5.41) is 3.92. The number of pyridine rings is 1. The Balaban J connectivity index is 0.00000192. The van der Waals surface area contributed by atoms with E-state index in [0.717, 1.165) is 42.1 Å². The van der Waals surface area contributed by atoms with Crippen molar-refractivity contribution in [2.45, 2.75) is 38.3 Å². The monoisotopic (exact) mass is 335 g/mol. The summed E-state index contributed by atoms with van der Waals surface area (Å²) in [4.78, 5) is 26.8. The molecule has 124 valence electrons. The zero-order valence-corrected chi connectivity index (χ0v) is 13.7. The Labute approximate surface area is 141 Å². The Kier molecular flexibility index (Phi) is 5.80. The van der Waals surface area contributed by atoms with Crippen molar-refractivity contribution in [3.63, 3.8) is 0 Å². The molecule has 23 heavy (non-hydrogen) atoms. The topological polar surface area (TPSA) is 88.0 Å². The molecule has 0 aliphatic heterocycles. The molecule has 2 unspecified atom stereocenters. The van der Waals surface area contributed by atoms with E-state index in [1.807, 2.05) is 24.3 Å². The van der Waals surface area contributed by atoms with Crippen LogP contribution in [0.2, 0.25) is 0 Å². The minimum absolute atomic E-state index is 0. The lowest BCUT2D eigenvalue weighted by Crippen LogP contribution is -2.37. The maximum absolute atomic E-state index is 12.3. The molecule has 0 spiro atoms. The van der Waals surface area contributed by atoms with Gasteiger partial charge in [-0.2, -0.15) is 0 Å². The zero-order chi connectivity index (χ0) is 15.5. The first-order valence-corrected chi connectivity index (χ1v) is 7.78. The van der Waals surface area contributed by atoms with E-state index in [2.05, 4.69) is 10.3 Å². The van der Waals surface area contributed by atoms with Crippen LogP contribution in [0.1, 0.15) is 31.2 Å². The van der Waals surface area contributed by atoms with Gasteiger partial charge in [0.25, 0.3) is 0 Å². The van der Waals surface area contributed by atoms with Gasteiger partial charge in [-0.1, -0.05) is 24.6 Å². The first kappa shape index (κ1) is 17.5. The number of nitrogens with two attached hydrogens (primary N) is 1. The van der Waals surface area contributed by atoms with Crippen molar-refractivity contribution in [3.8, 4) is 0 Å². The third-order valence-corrected chi connectivity index (χ3v) is 4.37. The molecule has 0 bridgehead atoms. The van der Waals surface area contributed by atoms with E-state index in [9.17, 15) is 9.59 Å². The van der Waals surface area contributed by atoms with Gasteiger partial charge >= 0.3 is 0 Å². The summed E-state index contributed by atoms with van der Waals surface area (Å²) in [5.74, 6) is 0.0384. The third-order valence-electron chi connectivity index (χ3n) is 4.37. The van der Waals surface area contributed by atoms with Gasteiger partial charge in [-0.05, 0) is 30.9 Å². The molecule has 5 nitrogen and oxygen atoms in total. The molecule has 1 aliphatic rings. The van der Waals surface area contributed by atoms with E-state index in [1.165, 1.54) is 0 Å². The molecule has 1 heterocycles. The first-order valence-electron chi connectivity index (χ1n) is 7.78. The highest BCUT2D eigenvalue weighted by Gasteiger charge is 2.25. The molecule has 1 aromatic heterocycles. The van der Waals surface area contributed by atoms with Gasteiger partial charge in [-0.3, -0.25) is 9.59 Å². The molecule has 2 aromatic rings. The average molecular weight is 336 g/mol. The largest absolute Gasteiger partial charge is 0.352 e. The number of aromatic nitrogens is 1. The second-order valence-corrected chi connectivity index (χ2v) is 6.05. The van der Waals surface area contributed by atoms with Gasteiger partial charge in [-0.15, -0.1) is 12.4 Å². The minimum Gasteiger partial charge on any atom is -0.352 e. The van der Waals surface area contributed by atoms with Gasteiger partial charge in [0, 0.05) is 35.5 Å². The average Bonchev–Trinajstić information content (AvgIpc) is 2.52. The highest BCUT2D eigenvalue weighted by Crippen LogP contribution is 2.23. The van der Waals surface area contributed by atoms with Gasteiger partial charge in [0.05, 0.1) is 0 Å². The highest BCUT2D eigenvalue weighted by molar-refractivity contribution is 5.85. The maximum atomic E-state index is 12.3. The van der Waals surface area contributed by atoms with Crippen LogP contribution < -0.4 is 16.6 Å². The van der Waals surface area contributed by atoms with E-state index in [1.54, 1.807) is 6.07 Å². The molecule has 6 heteroatoms. The quantitative estimate of drug-likeness (QED) is 0.802.